The van der Waals surface area contributed by atoms with Crippen molar-refractivity contribution in [1.82, 2.24) is 4.90 Å². The van der Waals surface area contributed by atoms with Gasteiger partial charge in [0.05, 0.1) is 0 Å². The normalized spacial score (nSPS) is 15.1. The lowest BCUT2D eigenvalue weighted by atomic mass is 10.0. The van der Waals surface area contributed by atoms with Crippen molar-refractivity contribution >= 4 is 27.6 Å². The van der Waals surface area contributed by atoms with Crippen LogP contribution in [0.3, 0.4) is 0 Å². The van der Waals surface area contributed by atoms with E-state index in [1.807, 2.05) is 13.0 Å². The Morgan fingerprint density at radius 1 is 1.24 bits per heavy atom. The van der Waals surface area contributed by atoms with Gasteiger partial charge in [0.25, 0.3) is 5.91 Å². The van der Waals surface area contributed by atoms with Crippen LogP contribution in [0.4, 0.5) is 0 Å². The second-order valence-corrected chi connectivity index (χ2v) is 6.80. The summed E-state index contributed by atoms with van der Waals surface area (Å²) in [7, 11) is 0. The lowest BCUT2D eigenvalue weighted by Gasteiger charge is -2.26. The standard InChI is InChI=1S/C20H23BrN2O2/c1-2-3-11-20(25)23(18-10-5-4-9-17(18)22)13-12-19(24)15-7-6-8-16(21)14-15/h3,6-8,11-14H,2,4-5,9-10,22H2,1H3/b11-3-,13-12+. The lowest BCUT2D eigenvalue weighted by molar-refractivity contribution is -0.122. The first-order valence-corrected chi connectivity index (χ1v) is 9.27. The zero-order valence-electron chi connectivity index (χ0n) is 14.4. The number of allylic oxidation sites excluding steroid dienone is 4. The lowest BCUT2D eigenvalue weighted by Crippen LogP contribution is -2.28. The molecule has 0 aliphatic heterocycles. The Balaban J connectivity index is 2.27. The number of ketones is 1. The fourth-order valence-corrected chi connectivity index (χ4v) is 3.06. The van der Waals surface area contributed by atoms with Gasteiger partial charge in [-0.05, 0) is 50.3 Å². The van der Waals surface area contributed by atoms with Crippen LogP contribution in [0.1, 0.15) is 49.4 Å². The molecule has 1 aromatic carbocycles. The molecular formula is C20H23BrN2O2. The molecule has 0 heterocycles. The fraction of sp³-hybridized carbons (Fsp3) is 0.300. The van der Waals surface area contributed by atoms with Gasteiger partial charge in [0.15, 0.2) is 5.78 Å². The minimum absolute atomic E-state index is 0.159. The maximum Gasteiger partial charge on any atom is 0.254 e. The van der Waals surface area contributed by atoms with Crippen molar-refractivity contribution in [2.45, 2.75) is 39.0 Å². The van der Waals surface area contributed by atoms with E-state index in [4.69, 9.17) is 5.73 Å². The highest BCUT2D eigenvalue weighted by molar-refractivity contribution is 9.10. The summed E-state index contributed by atoms with van der Waals surface area (Å²) in [5, 5.41) is 0. The molecule has 1 aliphatic rings. The SMILES string of the molecule is CC/C=C\C(=O)N(/C=C/C(=O)c1cccc(Br)c1)C1=C(N)CCCC1. The first-order chi connectivity index (χ1) is 12.0. The molecule has 0 bridgehead atoms. The van der Waals surface area contributed by atoms with E-state index in [1.54, 1.807) is 30.5 Å². The molecule has 1 amide bonds. The van der Waals surface area contributed by atoms with Crippen LogP contribution in [0.5, 0.6) is 0 Å². The van der Waals surface area contributed by atoms with Gasteiger partial charge in [-0.1, -0.05) is 41.1 Å². The number of hydrogen-bond donors (Lipinski definition) is 1. The molecule has 132 valence electrons. The summed E-state index contributed by atoms with van der Waals surface area (Å²) < 4.78 is 0.838. The van der Waals surface area contributed by atoms with Gasteiger partial charge < -0.3 is 5.73 Å². The van der Waals surface area contributed by atoms with Gasteiger partial charge in [-0.2, -0.15) is 0 Å². The van der Waals surface area contributed by atoms with Crippen molar-refractivity contribution in [2.75, 3.05) is 0 Å². The number of hydrogen-bond acceptors (Lipinski definition) is 3. The van der Waals surface area contributed by atoms with Gasteiger partial charge in [0.2, 0.25) is 0 Å². The second kappa shape index (κ2) is 9.37. The Morgan fingerprint density at radius 3 is 2.68 bits per heavy atom. The smallest absolute Gasteiger partial charge is 0.254 e. The second-order valence-electron chi connectivity index (χ2n) is 5.89. The molecule has 25 heavy (non-hydrogen) atoms. The summed E-state index contributed by atoms with van der Waals surface area (Å²) in [6.07, 6.45) is 10.6. The van der Waals surface area contributed by atoms with Crippen molar-refractivity contribution in [3.8, 4) is 0 Å². The molecule has 0 radical (unpaired) electrons. The molecule has 0 aromatic heterocycles. The Morgan fingerprint density at radius 2 is 2.00 bits per heavy atom. The van der Waals surface area contributed by atoms with Gasteiger partial charge in [-0.15, -0.1) is 0 Å². The van der Waals surface area contributed by atoms with Crippen molar-refractivity contribution in [3.63, 3.8) is 0 Å². The maximum atomic E-state index is 12.5. The van der Waals surface area contributed by atoms with Gasteiger partial charge in [-0.3, -0.25) is 14.5 Å². The highest BCUT2D eigenvalue weighted by atomic mass is 79.9. The number of nitrogens with two attached hydrogens (primary N) is 1. The quantitative estimate of drug-likeness (QED) is 0.554. The van der Waals surface area contributed by atoms with Crippen LogP contribution in [0.2, 0.25) is 0 Å². The molecule has 2 rings (SSSR count). The predicted octanol–water partition coefficient (Wildman–Crippen LogP) is 4.68. The fourth-order valence-electron chi connectivity index (χ4n) is 2.66. The molecule has 0 saturated carbocycles. The zero-order valence-corrected chi connectivity index (χ0v) is 16.0. The Bertz CT molecular complexity index is 735. The highest BCUT2D eigenvalue weighted by Crippen LogP contribution is 2.25. The average molecular weight is 403 g/mol. The first kappa shape index (κ1) is 19.2. The first-order valence-electron chi connectivity index (χ1n) is 8.48. The molecule has 1 aromatic rings. The largest absolute Gasteiger partial charge is 0.401 e. The van der Waals surface area contributed by atoms with E-state index in [9.17, 15) is 9.59 Å². The molecule has 2 N–H and O–H groups in total. The number of carbonyl (C=O) groups excluding carboxylic acids is 2. The summed E-state index contributed by atoms with van der Waals surface area (Å²) in [6, 6.07) is 7.16. The third-order valence-corrected chi connectivity index (χ3v) is 4.48. The van der Waals surface area contributed by atoms with Gasteiger partial charge in [-0.25, -0.2) is 0 Å². The summed E-state index contributed by atoms with van der Waals surface area (Å²) in [6.45, 7) is 1.97. The number of carbonyl (C=O) groups is 2. The molecule has 0 saturated heterocycles. The van der Waals surface area contributed by atoms with Crippen LogP contribution in [-0.4, -0.2) is 16.6 Å². The topological polar surface area (TPSA) is 63.4 Å². The Labute approximate surface area is 157 Å². The van der Waals surface area contributed by atoms with E-state index < -0.39 is 0 Å². The van der Waals surface area contributed by atoms with Crippen LogP contribution < -0.4 is 5.73 Å². The number of halogens is 1. The summed E-state index contributed by atoms with van der Waals surface area (Å²) >= 11 is 3.36. The van der Waals surface area contributed by atoms with Crippen LogP contribution in [0.25, 0.3) is 0 Å². The van der Waals surface area contributed by atoms with E-state index in [-0.39, 0.29) is 11.7 Å². The summed E-state index contributed by atoms with van der Waals surface area (Å²) in [5.41, 5.74) is 8.21. The minimum Gasteiger partial charge on any atom is -0.401 e. The molecule has 0 fully saturated rings. The number of nitrogens with zero attached hydrogens (tertiary/aromatic N) is 1. The summed E-state index contributed by atoms with van der Waals surface area (Å²) in [4.78, 5) is 26.4. The van der Waals surface area contributed by atoms with Crippen LogP contribution in [0.15, 0.2) is 64.6 Å². The third kappa shape index (κ3) is 5.43. The zero-order chi connectivity index (χ0) is 18.2. The molecule has 0 spiro atoms. The predicted molar refractivity (Wildman–Crippen MR) is 104 cm³/mol. The molecule has 5 heteroatoms. The van der Waals surface area contributed by atoms with E-state index in [1.165, 1.54) is 17.1 Å². The van der Waals surface area contributed by atoms with E-state index in [0.29, 0.717) is 5.56 Å². The highest BCUT2D eigenvalue weighted by Gasteiger charge is 2.19. The maximum absolute atomic E-state index is 12.5. The van der Waals surface area contributed by atoms with E-state index >= 15 is 0 Å². The molecule has 0 atom stereocenters. The third-order valence-electron chi connectivity index (χ3n) is 3.99. The van der Waals surface area contributed by atoms with E-state index in [2.05, 4.69) is 15.9 Å². The van der Waals surface area contributed by atoms with Crippen molar-refractivity contribution in [3.05, 3.63) is 70.1 Å². The van der Waals surface area contributed by atoms with Gasteiger partial charge in [0, 0.05) is 33.7 Å². The van der Waals surface area contributed by atoms with Gasteiger partial charge >= 0.3 is 0 Å². The monoisotopic (exact) mass is 402 g/mol. The number of rotatable bonds is 6. The number of benzene rings is 1. The van der Waals surface area contributed by atoms with E-state index in [0.717, 1.165) is 48.0 Å². The van der Waals surface area contributed by atoms with Gasteiger partial charge in [0.1, 0.15) is 0 Å². The molecular weight excluding hydrogens is 380 g/mol. The van der Waals surface area contributed by atoms with Crippen LogP contribution >= 0.6 is 15.9 Å². The van der Waals surface area contributed by atoms with Crippen molar-refractivity contribution in [1.29, 1.82) is 0 Å². The van der Waals surface area contributed by atoms with Crippen molar-refractivity contribution in [2.24, 2.45) is 5.73 Å². The molecule has 0 unspecified atom stereocenters. The molecule has 4 nitrogen and oxygen atoms in total. The number of amides is 1. The van der Waals surface area contributed by atoms with Crippen LogP contribution in [0, 0.1) is 0 Å². The summed E-state index contributed by atoms with van der Waals surface area (Å²) in [5.74, 6) is -0.339. The minimum atomic E-state index is -0.181. The Kier molecular flexibility index (Phi) is 7.19. The van der Waals surface area contributed by atoms with Crippen molar-refractivity contribution < 1.29 is 9.59 Å². The average Bonchev–Trinajstić information content (AvgIpc) is 2.61. The molecule has 1 aliphatic carbocycles. The van der Waals surface area contributed by atoms with Crippen LogP contribution in [-0.2, 0) is 4.79 Å². The Hall–Kier alpha value is -2.14.